The Morgan fingerprint density at radius 2 is 1.67 bits per heavy atom. The molecule has 0 aromatic heterocycles. The maximum absolute atomic E-state index is 13.7. The molecule has 0 amide bonds. The molecule has 1 spiro atoms. The van der Waals surface area contributed by atoms with Crippen molar-refractivity contribution in [1.82, 2.24) is 4.90 Å². The molecule has 16 heteroatoms. The van der Waals surface area contributed by atoms with Crippen LogP contribution in [-0.4, -0.2) is 113 Å². The zero-order valence-corrected chi connectivity index (χ0v) is 25.3. The second kappa shape index (κ2) is 11.9. The predicted octanol–water partition coefficient (Wildman–Crippen LogP) is -0.149. The van der Waals surface area contributed by atoms with E-state index in [1.807, 2.05) is 13.1 Å². The third-order valence-corrected chi connectivity index (χ3v) is 9.00. The number of hydrogen-bond acceptors (Lipinski definition) is 14. The fourth-order valence-electron chi connectivity index (χ4n) is 7.13. The number of aliphatic carboxylic acids is 2. The van der Waals surface area contributed by atoms with Gasteiger partial charge in [-0.3, -0.25) is 14.4 Å². The maximum Gasteiger partial charge on any atom is 0.357 e. The molecule has 0 saturated carbocycles. The lowest BCUT2D eigenvalue weighted by Crippen LogP contribution is -2.74. The number of piperidine rings is 1. The Balaban J connectivity index is 1.51. The van der Waals surface area contributed by atoms with Crippen LogP contribution in [0, 0.1) is 0 Å². The minimum Gasteiger partial charge on any atom is -0.493 e. The van der Waals surface area contributed by atoms with Gasteiger partial charge in [0.15, 0.2) is 17.6 Å². The number of ether oxygens (including phenoxy) is 6. The van der Waals surface area contributed by atoms with Crippen molar-refractivity contribution in [3.05, 3.63) is 35.1 Å². The molecule has 1 saturated heterocycles. The summed E-state index contributed by atoms with van der Waals surface area (Å²) in [6.07, 6.45) is -6.71. The van der Waals surface area contributed by atoms with Crippen LogP contribution in [-0.2, 0) is 59.6 Å². The van der Waals surface area contributed by atoms with Crippen LogP contribution in [0.15, 0.2) is 24.0 Å². The molecular weight excluding hydrogens is 614 g/mol. The molecular formula is C30H33NO15. The van der Waals surface area contributed by atoms with Crippen molar-refractivity contribution in [3.63, 3.8) is 0 Å². The minimum atomic E-state index is -2.38. The smallest absolute Gasteiger partial charge is 0.357 e. The lowest BCUT2D eigenvalue weighted by molar-refractivity contribution is -0.195. The summed E-state index contributed by atoms with van der Waals surface area (Å²) in [6, 6.07) is 3.35. The molecule has 4 aliphatic rings. The van der Waals surface area contributed by atoms with E-state index in [1.165, 1.54) is 13.2 Å². The Morgan fingerprint density at radius 1 is 1.02 bits per heavy atom. The maximum atomic E-state index is 13.7. The van der Waals surface area contributed by atoms with Gasteiger partial charge in [0.05, 0.1) is 24.5 Å². The summed E-state index contributed by atoms with van der Waals surface area (Å²) in [4.78, 5) is 75.5. The Hall–Kier alpha value is -4.70. The molecule has 16 nitrogen and oxygen atoms in total. The molecule has 3 unspecified atom stereocenters. The summed E-state index contributed by atoms with van der Waals surface area (Å²) in [5.74, 6) is -8.10. The fourth-order valence-corrected chi connectivity index (χ4v) is 7.13. The van der Waals surface area contributed by atoms with Crippen LogP contribution in [0.4, 0.5) is 0 Å². The molecule has 46 heavy (non-hydrogen) atoms. The van der Waals surface area contributed by atoms with Crippen molar-refractivity contribution in [2.45, 2.75) is 81.0 Å². The van der Waals surface area contributed by atoms with Gasteiger partial charge in [0.2, 0.25) is 18.3 Å². The summed E-state index contributed by atoms with van der Waals surface area (Å²) >= 11 is 0. The number of nitrogens with zero attached hydrogens (tertiary/aromatic N) is 1. The molecule has 248 valence electrons. The third-order valence-electron chi connectivity index (χ3n) is 9.00. The van der Waals surface area contributed by atoms with E-state index in [4.69, 9.17) is 33.5 Å². The van der Waals surface area contributed by atoms with Gasteiger partial charge in [0.25, 0.3) is 0 Å². The number of carboxylic acids is 2. The van der Waals surface area contributed by atoms with E-state index in [1.54, 1.807) is 6.07 Å². The summed E-state index contributed by atoms with van der Waals surface area (Å²) in [7, 11) is 3.38. The second-order valence-corrected chi connectivity index (χ2v) is 11.6. The van der Waals surface area contributed by atoms with Gasteiger partial charge in [-0.2, -0.15) is 0 Å². The minimum absolute atomic E-state index is 0.0314. The summed E-state index contributed by atoms with van der Waals surface area (Å²) < 4.78 is 32.4. The normalized spacial score (nSPS) is 27.4. The number of aliphatic hydroxyl groups is 1. The first-order chi connectivity index (χ1) is 21.6. The summed E-state index contributed by atoms with van der Waals surface area (Å²) in [5, 5.41) is 30.7. The molecule has 3 N–H and O–H groups in total. The Kier molecular flexibility index (Phi) is 8.46. The average Bonchev–Trinajstić information content (AvgIpc) is 3.33. The first-order valence-corrected chi connectivity index (χ1v) is 14.4. The van der Waals surface area contributed by atoms with Crippen LogP contribution in [0.25, 0.3) is 0 Å². The average molecular weight is 648 g/mol. The number of likely N-dealkylation sites (tertiary alicyclic amines) is 1. The van der Waals surface area contributed by atoms with Crippen LogP contribution in [0.3, 0.4) is 0 Å². The van der Waals surface area contributed by atoms with Crippen molar-refractivity contribution >= 4 is 35.8 Å². The lowest BCUT2D eigenvalue weighted by Gasteiger charge is -2.61. The van der Waals surface area contributed by atoms with Gasteiger partial charge in [-0.1, -0.05) is 6.07 Å². The molecule has 1 aromatic rings. The number of carbonyl (C=O) groups excluding carboxylic acids is 4. The predicted molar refractivity (Wildman–Crippen MR) is 148 cm³/mol. The summed E-state index contributed by atoms with van der Waals surface area (Å²) in [5.41, 5.74) is -0.762. The van der Waals surface area contributed by atoms with Gasteiger partial charge >= 0.3 is 35.8 Å². The monoisotopic (exact) mass is 647 g/mol. The van der Waals surface area contributed by atoms with Crippen LogP contribution in [0.1, 0.15) is 44.2 Å². The number of benzene rings is 1. The van der Waals surface area contributed by atoms with E-state index < -0.39 is 77.7 Å². The summed E-state index contributed by atoms with van der Waals surface area (Å²) in [6.45, 7) is 2.33. The molecule has 2 heterocycles. The number of methoxy groups -OCH3 is 1. The van der Waals surface area contributed by atoms with Gasteiger partial charge in [-0.15, -0.1) is 0 Å². The van der Waals surface area contributed by atoms with Gasteiger partial charge in [-0.05, 0) is 44.1 Å². The Labute approximate surface area is 261 Å². The van der Waals surface area contributed by atoms with Gasteiger partial charge in [0.1, 0.15) is 5.76 Å². The standard InChI is InChI=1S/C30H33NO15/c1-13(32)42-23(24(43-14(2)33)28(39)45-18(26(36)37)12-20(34)35)27(38)44-17-7-8-30(40)19-11-15-5-6-16(41-4)22-21(15)29(30,25(17)46-22)9-10-31(19)3/h5-7,18-19,23-25,40H,8-12H2,1-4H3,(H,34,35)(H,36,37)/t18?,19-,23?,24?,25+,29+,30-/m1/s1. The Morgan fingerprint density at radius 3 is 2.26 bits per heavy atom. The van der Waals surface area contributed by atoms with Gasteiger partial charge < -0.3 is 48.6 Å². The zero-order chi connectivity index (χ0) is 33.7. The number of rotatable bonds is 11. The lowest BCUT2D eigenvalue weighted by atomic mass is 9.50. The molecule has 2 bridgehead atoms. The van der Waals surface area contributed by atoms with E-state index in [2.05, 4.69) is 4.90 Å². The van der Waals surface area contributed by atoms with Crippen LogP contribution < -0.4 is 9.47 Å². The highest BCUT2D eigenvalue weighted by molar-refractivity contribution is 5.91. The first kappa shape index (κ1) is 32.7. The van der Waals surface area contributed by atoms with E-state index in [-0.39, 0.29) is 18.2 Å². The number of esters is 4. The molecule has 2 aliphatic carbocycles. The SMILES string of the molecule is COc1ccc2c3c1O[C@H]1C(OC(=O)C(OC(C)=O)C(OC(C)=O)C(=O)OC(CC(=O)O)C(=O)O)=CC[C@@]4(O)[C@@H](C2)N(C)CC[C@]314. The van der Waals surface area contributed by atoms with E-state index >= 15 is 0 Å². The number of carboxylic acid groups (broad SMARTS) is 2. The highest BCUT2D eigenvalue weighted by Crippen LogP contribution is 2.65. The highest BCUT2D eigenvalue weighted by atomic mass is 16.6. The van der Waals surface area contributed by atoms with E-state index in [0.29, 0.717) is 30.9 Å². The third kappa shape index (κ3) is 5.20. The van der Waals surface area contributed by atoms with Crippen molar-refractivity contribution in [2.24, 2.45) is 0 Å². The van der Waals surface area contributed by atoms with E-state index in [9.17, 15) is 39.0 Å². The Bertz CT molecular complexity index is 1540. The van der Waals surface area contributed by atoms with Crippen LogP contribution >= 0.6 is 0 Å². The van der Waals surface area contributed by atoms with Gasteiger partial charge in [0, 0.05) is 31.9 Å². The highest BCUT2D eigenvalue weighted by Gasteiger charge is 2.72. The topological polar surface area (TPSA) is 222 Å². The molecule has 7 atom stereocenters. The molecule has 5 rings (SSSR count). The number of carbonyl (C=O) groups is 6. The molecule has 2 aliphatic heterocycles. The van der Waals surface area contributed by atoms with Crippen molar-refractivity contribution < 1.29 is 72.5 Å². The fraction of sp³-hybridized carbons (Fsp3) is 0.533. The first-order valence-electron chi connectivity index (χ1n) is 14.4. The molecule has 0 radical (unpaired) electrons. The number of likely N-dealkylation sites (N-methyl/N-ethyl adjacent to an activating group) is 1. The van der Waals surface area contributed by atoms with Crippen LogP contribution in [0.5, 0.6) is 11.5 Å². The zero-order valence-electron chi connectivity index (χ0n) is 25.3. The molecule has 1 fully saturated rings. The van der Waals surface area contributed by atoms with Crippen molar-refractivity contribution in [1.29, 1.82) is 0 Å². The van der Waals surface area contributed by atoms with Crippen molar-refractivity contribution in [3.8, 4) is 11.5 Å². The second-order valence-electron chi connectivity index (χ2n) is 11.6. The number of hydrogen-bond donors (Lipinski definition) is 3. The van der Waals surface area contributed by atoms with E-state index in [0.717, 1.165) is 25.0 Å². The quantitative estimate of drug-likeness (QED) is 0.210. The van der Waals surface area contributed by atoms with Gasteiger partial charge in [-0.25, -0.2) is 14.4 Å². The van der Waals surface area contributed by atoms with Crippen molar-refractivity contribution in [2.75, 3.05) is 20.7 Å². The van der Waals surface area contributed by atoms with Crippen LogP contribution in [0.2, 0.25) is 0 Å². The largest absolute Gasteiger partial charge is 0.493 e. The molecule has 1 aromatic carbocycles.